The van der Waals surface area contributed by atoms with Crippen molar-refractivity contribution < 1.29 is 18.0 Å². The Balaban J connectivity index is 1.85. The normalized spacial score (nSPS) is 15.2. The van der Waals surface area contributed by atoms with Gasteiger partial charge in [-0.1, -0.05) is 62.1 Å². The molecule has 0 bridgehead atoms. The molecule has 2 amide bonds. The number of sulfonamides is 1. The summed E-state index contributed by atoms with van der Waals surface area (Å²) in [5, 5.41) is 3.66. The minimum atomic E-state index is -3.75. The Hall–Kier alpha value is -2.58. The second-order valence-electron chi connectivity index (χ2n) is 9.46. The van der Waals surface area contributed by atoms with Crippen LogP contribution in [0, 0.1) is 0 Å². The van der Waals surface area contributed by atoms with Gasteiger partial charge < -0.3 is 10.2 Å². The fourth-order valence-corrected chi connectivity index (χ4v) is 5.43. The first-order valence-electron chi connectivity index (χ1n) is 12.5. The van der Waals surface area contributed by atoms with Crippen LogP contribution >= 0.6 is 11.6 Å². The fourth-order valence-electron chi connectivity index (χ4n) is 4.45. The Bertz CT molecular complexity index is 1130. The summed E-state index contributed by atoms with van der Waals surface area (Å²) in [6.07, 6.45) is 7.08. The average molecular weight is 534 g/mol. The lowest BCUT2D eigenvalue weighted by atomic mass is 9.95. The van der Waals surface area contributed by atoms with Crippen LogP contribution in [0.1, 0.15) is 57.1 Å². The number of aryl methyl sites for hydroxylation is 1. The second kappa shape index (κ2) is 12.6. The molecule has 2 aromatic carbocycles. The third-order valence-corrected chi connectivity index (χ3v) is 8.09. The van der Waals surface area contributed by atoms with Crippen LogP contribution in [0.25, 0.3) is 0 Å². The van der Waals surface area contributed by atoms with Gasteiger partial charge in [0.05, 0.1) is 11.9 Å². The number of hydrogen-bond acceptors (Lipinski definition) is 4. The first kappa shape index (κ1) is 28.0. The van der Waals surface area contributed by atoms with E-state index in [2.05, 4.69) is 5.32 Å². The zero-order valence-corrected chi connectivity index (χ0v) is 22.8. The number of carbonyl (C=O) groups is 2. The van der Waals surface area contributed by atoms with Gasteiger partial charge in [-0.2, -0.15) is 0 Å². The average Bonchev–Trinajstić information content (AvgIpc) is 2.86. The Morgan fingerprint density at radius 1 is 1.00 bits per heavy atom. The van der Waals surface area contributed by atoms with Gasteiger partial charge in [0.1, 0.15) is 12.6 Å². The third kappa shape index (κ3) is 7.71. The van der Waals surface area contributed by atoms with Gasteiger partial charge in [-0.3, -0.25) is 13.9 Å². The lowest BCUT2D eigenvalue weighted by Crippen LogP contribution is -2.52. The molecule has 0 aliphatic heterocycles. The number of rotatable bonds is 10. The molecule has 36 heavy (non-hydrogen) atoms. The molecule has 0 aromatic heterocycles. The molecule has 1 fully saturated rings. The van der Waals surface area contributed by atoms with Crippen molar-refractivity contribution in [3.8, 4) is 0 Å². The number of amides is 2. The standard InChI is InChI=1S/C27H36ClN3O4S/c1-4-21-12-16-25(17-13-21)31(36(3,34)35)19-26(32)30(18-22-10-14-23(28)15-11-22)20(2)27(33)29-24-8-6-5-7-9-24/h10-17,20,24H,4-9,18-19H2,1-3H3,(H,29,33). The molecule has 0 spiro atoms. The molecule has 7 nitrogen and oxygen atoms in total. The van der Waals surface area contributed by atoms with Crippen LogP contribution in [0.2, 0.25) is 5.02 Å². The van der Waals surface area contributed by atoms with E-state index in [0.29, 0.717) is 10.7 Å². The summed E-state index contributed by atoms with van der Waals surface area (Å²) in [6.45, 7) is 3.45. The highest BCUT2D eigenvalue weighted by Gasteiger charge is 2.31. The Morgan fingerprint density at radius 3 is 2.14 bits per heavy atom. The van der Waals surface area contributed by atoms with Gasteiger partial charge in [0.15, 0.2) is 0 Å². The van der Waals surface area contributed by atoms with Crippen LogP contribution < -0.4 is 9.62 Å². The van der Waals surface area contributed by atoms with Gasteiger partial charge in [0.25, 0.3) is 0 Å². The smallest absolute Gasteiger partial charge is 0.244 e. The molecule has 3 rings (SSSR count). The fraction of sp³-hybridized carbons (Fsp3) is 0.481. The zero-order valence-electron chi connectivity index (χ0n) is 21.2. The Kier molecular flexibility index (Phi) is 9.79. The molecule has 0 radical (unpaired) electrons. The quantitative estimate of drug-likeness (QED) is 0.486. The van der Waals surface area contributed by atoms with Crippen molar-refractivity contribution in [3.63, 3.8) is 0 Å². The molecule has 1 unspecified atom stereocenters. The molecule has 1 aliphatic rings. The topological polar surface area (TPSA) is 86.8 Å². The lowest BCUT2D eigenvalue weighted by Gasteiger charge is -2.33. The number of benzene rings is 2. The van der Waals surface area contributed by atoms with E-state index in [-0.39, 0.29) is 18.5 Å². The number of halogens is 1. The van der Waals surface area contributed by atoms with E-state index in [1.807, 2.05) is 19.1 Å². The SMILES string of the molecule is CCc1ccc(N(CC(=O)N(Cc2ccc(Cl)cc2)C(C)C(=O)NC2CCCCC2)S(C)(=O)=O)cc1. The van der Waals surface area contributed by atoms with Gasteiger partial charge >= 0.3 is 0 Å². The van der Waals surface area contributed by atoms with E-state index < -0.39 is 28.5 Å². The third-order valence-electron chi connectivity index (χ3n) is 6.70. The molecular weight excluding hydrogens is 498 g/mol. The van der Waals surface area contributed by atoms with Gasteiger partial charge in [-0.15, -0.1) is 0 Å². The molecule has 0 heterocycles. The number of anilines is 1. The van der Waals surface area contributed by atoms with E-state index in [9.17, 15) is 18.0 Å². The maximum absolute atomic E-state index is 13.6. The van der Waals surface area contributed by atoms with Crippen LogP contribution in [0.5, 0.6) is 0 Å². The second-order valence-corrected chi connectivity index (χ2v) is 11.8. The van der Waals surface area contributed by atoms with Crippen LogP contribution in [0.15, 0.2) is 48.5 Å². The number of nitrogens with one attached hydrogen (secondary N) is 1. The number of hydrogen-bond donors (Lipinski definition) is 1. The van der Waals surface area contributed by atoms with Crippen molar-refractivity contribution in [3.05, 3.63) is 64.7 Å². The van der Waals surface area contributed by atoms with Crippen LogP contribution in [0.3, 0.4) is 0 Å². The van der Waals surface area contributed by atoms with E-state index in [1.165, 1.54) is 11.3 Å². The van der Waals surface area contributed by atoms with E-state index in [1.54, 1.807) is 43.3 Å². The summed E-state index contributed by atoms with van der Waals surface area (Å²) in [7, 11) is -3.75. The van der Waals surface area contributed by atoms with Gasteiger partial charge in [-0.25, -0.2) is 8.42 Å². The van der Waals surface area contributed by atoms with Crippen molar-refractivity contribution in [2.45, 2.75) is 71.0 Å². The molecule has 1 N–H and O–H groups in total. The highest BCUT2D eigenvalue weighted by Crippen LogP contribution is 2.21. The highest BCUT2D eigenvalue weighted by molar-refractivity contribution is 7.92. The number of nitrogens with zero attached hydrogens (tertiary/aromatic N) is 2. The summed E-state index contributed by atoms with van der Waals surface area (Å²) < 4.78 is 26.4. The number of carbonyl (C=O) groups excluding carboxylic acids is 2. The summed E-state index contributed by atoms with van der Waals surface area (Å²) in [4.78, 5) is 28.2. The van der Waals surface area contributed by atoms with Gasteiger partial charge in [-0.05, 0) is 61.6 Å². The van der Waals surface area contributed by atoms with Crippen LogP contribution in [-0.4, -0.2) is 50.0 Å². The Labute approximate surface area is 219 Å². The zero-order chi connectivity index (χ0) is 26.3. The lowest BCUT2D eigenvalue weighted by molar-refractivity contribution is -0.139. The Morgan fingerprint density at radius 2 is 1.58 bits per heavy atom. The monoisotopic (exact) mass is 533 g/mol. The minimum absolute atomic E-state index is 0.103. The summed E-state index contributed by atoms with van der Waals surface area (Å²) >= 11 is 6.02. The molecule has 2 aromatic rings. The van der Waals surface area contributed by atoms with Crippen molar-refractivity contribution in [2.24, 2.45) is 0 Å². The summed E-state index contributed by atoms with van der Waals surface area (Å²) in [5.41, 5.74) is 2.27. The molecule has 1 saturated carbocycles. The van der Waals surface area contributed by atoms with Gasteiger partial charge in [0.2, 0.25) is 21.8 Å². The molecule has 9 heteroatoms. The first-order valence-corrected chi connectivity index (χ1v) is 14.7. The van der Waals surface area contributed by atoms with Crippen LogP contribution in [-0.2, 0) is 32.6 Å². The maximum atomic E-state index is 13.6. The van der Waals surface area contributed by atoms with Crippen molar-refractivity contribution >= 4 is 39.1 Å². The van der Waals surface area contributed by atoms with Crippen molar-refractivity contribution in [1.29, 1.82) is 0 Å². The maximum Gasteiger partial charge on any atom is 0.244 e. The van der Waals surface area contributed by atoms with E-state index in [0.717, 1.165) is 53.8 Å². The largest absolute Gasteiger partial charge is 0.352 e. The molecular formula is C27H36ClN3O4S. The predicted octanol–water partition coefficient (Wildman–Crippen LogP) is 4.53. The molecule has 1 aliphatic carbocycles. The summed E-state index contributed by atoms with van der Waals surface area (Å²) in [6, 6.07) is 13.5. The van der Waals surface area contributed by atoms with Crippen LogP contribution in [0.4, 0.5) is 5.69 Å². The molecule has 196 valence electrons. The highest BCUT2D eigenvalue weighted by atomic mass is 35.5. The minimum Gasteiger partial charge on any atom is -0.352 e. The van der Waals surface area contributed by atoms with E-state index >= 15 is 0 Å². The first-order chi connectivity index (χ1) is 17.1. The predicted molar refractivity (Wildman–Crippen MR) is 144 cm³/mol. The summed E-state index contributed by atoms with van der Waals surface area (Å²) in [5.74, 6) is -0.691. The van der Waals surface area contributed by atoms with Gasteiger partial charge in [0, 0.05) is 17.6 Å². The van der Waals surface area contributed by atoms with E-state index in [4.69, 9.17) is 11.6 Å². The van der Waals surface area contributed by atoms with Crippen molar-refractivity contribution in [1.82, 2.24) is 10.2 Å². The molecule has 0 saturated heterocycles. The van der Waals surface area contributed by atoms with Crippen molar-refractivity contribution in [2.75, 3.05) is 17.1 Å². The molecule has 1 atom stereocenters.